The Bertz CT molecular complexity index is 564. The first kappa shape index (κ1) is 14.9. The molecular formula is C19H26N2O2. The van der Waals surface area contributed by atoms with E-state index in [1.165, 1.54) is 38.5 Å². The van der Waals surface area contributed by atoms with E-state index in [1.54, 1.807) is 7.11 Å². The van der Waals surface area contributed by atoms with Gasteiger partial charge in [0.15, 0.2) is 0 Å². The fraction of sp³-hybridized carbons (Fsp3) is 0.632. The minimum absolute atomic E-state index is 0.0187. The van der Waals surface area contributed by atoms with Crippen LogP contribution in [0.25, 0.3) is 0 Å². The molecule has 0 unspecified atom stereocenters. The third kappa shape index (κ3) is 3.04. The topological polar surface area (TPSA) is 50.4 Å². The van der Waals surface area contributed by atoms with Gasteiger partial charge in [0.1, 0.15) is 5.75 Å². The number of carbonyl (C=O) groups is 1. The Kier molecular flexibility index (Phi) is 3.70. The van der Waals surface area contributed by atoms with Gasteiger partial charge in [0.2, 0.25) is 0 Å². The highest BCUT2D eigenvalue weighted by Gasteiger charge is 2.51. The SMILES string of the molecule is COc1cccc(CNC(=O)NC23CC4CC(CC(C4)C2)C3)c1. The van der Waals surface area contributed by atoms with E-state index < -0.39 is 0 Å². The first-order chi connectivity index (χ1) is 11.1. The maximum absolute atomic E-state index is 12.4. The molecule has 1 aromatic rings. The molecule has 0 saturated heterocycles. The number of ether oxygens (including phenoxy) is 1. The van der Waals surface area contributed by atoms with E-state index in [2.05, 4.69) is 10.6 Å². The minimum Gasteiger partial charge on any atom is -0.497 e. The van der Waals surface area contributed by atoms with Gasteiger partial charge in [0, 0.05) is 12.1 Å². The molecule has 4 bridgehead atoms. The third-order valence-electron chi connectivity index (χ3n) is 6.00. The van der Waals surface area contributed by atoms with Crippen molar-refractivity contribution in [1.29, 1.82) is 0 Å². The van der Waals surface area contributed by atoms with E-state index >= 15 is 0 Å². The molecule has 4 nitrogen and oxygen atoms in total. The van der Waals surface area contributed by atoms with Crippen molar-refractivity contribution in [2.75, 3.05) is 7.11 Å². The number of benzene rings is 1. The first-order valence-corrected chi connectivity index (χ1v) is 8.83. The van der Waals surface area contributed by atoms with Gasteiger partial charge in [0.05, 0.1) is 7.11 Å². The minimum atomic E-state index is -0.0187. The number of rotatable bonds is 4. The first-order valence-electron chi connectivity index (χ1n) is 8.83. The van der Waals surface area contributed by atoms with Gasteiger partial charge in [-0.15, -0.1) is 0 Å². The zero-order valence-corrected chi connectivity index (χ0v) is 13.8. The van der Waals surface area contributed by atoms with Crippen LogP contribution in [0.15, 0.2) is 24.3 Å². The molecule has 23 heavy (non-hydrogen) atoms. The van der Waals surface area contributed by atoms with Gasteiger partial charge in [-0.25, -0.2) is 4.79 Å². The highest BCUT2D eigenvalue weighted by molar-refractivity contribution is 5.75. The lowest BCUT2D eigenvalue weighted by Crippen LogP contribution is -2.61. The molecule has 4 aliphatic carbocycles. The zero-order valence-electron chi connectivity index (χ0n) is 13.8. The Hall–Kier alpha value is -1.71. The molecule has 0 aromatic heterocycles. The second-order valence-electron chi connectivity index (χ2n) is 7.86. The van der Waals surface area contributed by atoms with Gasteiger partial charge in [-0.3, -0.25) is 0 Å². The Morgan fingerprint density at radius 3 is 2.43 bits per heavy atom. The maximum Gasteiger partial charge on any atom is 0.315 e. The molecule has 4 aliphatic rings. The standard InChI is InChI=1S/C19H26N2O2/c1-23-17-4-2-3-13(8-17)12-20-18(22)21-19-9-14-5-15(10-19)7-16(6-14)11-19/h2-4,8,14-16H,5-7,9-12H2,1H3,(H2,20,21,22). The number of carbonyl (C=O) groups excluding carboxylic acids is 1. The molecule has 0 radical (unpaired) electrons. The fourth-order valence-corrected chi connectivity index (χ4v) is 5.51. The number of nitrogens with one attached hydrogen (secondary N) is 2. The average molecular weight is 314 g/mol. The van der Waals surface area contributed by atoms with Crippen LogP contribution in [-0.4, -0.2) is 18.7 Å². The third-order valence-corrected chi connectivity index (χ3v) is 6.00. The molecular weight excluding hydrogens is 288 g/mol. The monoisotopic (exact) mass is 314 g/mol. The molecule has 2 amide bonds. The lowest BCUT2D eigenvalue weighted by atomic mass is 9.53. The molecule has 0 atom stereocenters. The van der Waals surface area contributed by atoms with E-state index in [0.29, 0.717) is 6.54 Å². The van der Waals surface area contributed by atoms with E-state index in [-0.39, 0.29) is 11.6 Å². The van der Waals surface area contributed by atoms with Crippen molar-refractivity contribution in [1.82, 2.24) is 10.6 Å². The van der Waals surface area contributed by atoms with Crippen molar-refractivity contribution < 1.29 is 9.53 Å². The molecule has 0 aliphatic heterocycles. The van der Waals surface area contributed by atoms with Crippen LogP contribution in [0, 0.1) is 17.8 Å². The summed E-state index contributed by atoms with van der Waals surface area (Å²) in [5.74, 6) is 3.37. The summed E-state index contributed by atoms with van der Waals surface area (Å²) in [4.78, 5) is 12.4. The number of methoxy groups -OCH3 is 1. The highest BCUT2D eigenvalue weighted by atomic mass is 16.5. The highest BCUT2D eigenvalue weighted by Crippen LogP contribution is 2.55. The van der Waals surface area contributed by atoms with Crippen molar-refractivity contribution >= 4 is 6.03 Å². The molecule has 2 N–H and O–H groups in total. The second kappa shape index (κ2) is 5.73. The number of hydrogen-bond acceptors (Lipinski definition) is 2. The lowest BCUT2D eigenvalue weighted by molar-refractivity contribution is -0.0135. The normalized spacial score (nSPS) is 34.2. The summed E-state index contributed by atoms with van der Waals surface area (Å²) in [7, 11) is 1.66. The van der Waals surface area contributed by atoms with Crippen LogP contribution in [0.2, 0.25) is 0 Å². The molecule has 124 valence electrons. The van der Waals surface area contributed by atoms with Gasteiger partial charge in [-0.1, -0.05) is 12.1 Å². The zero-order chi connectivity index (χ0) is 15.9. The Morgan fingerprint density at radius 2 is 1.83 bits per heavy atom. The molecule has 0 spiro atoms. The van der Waals surface area contributed by atoms with Crippen LogP contribution in [0.4, 0.5) is 4.79 Å². The van der Waals surface area contributed by atoms with Crippen LogP contribution >= 0.6 is 0 Å². The van der Waals surface area contributed by atoms with Crippen LogP contribution < -0.4 is 15.4 Å². The van der Waals surface area contributed by atoms with Gasteiger partial charge < -0.3 is 15.4 Å². The van der Waals surface area contributed by atoms with Crippen molar-refractivity contribution in [2.24, 2.45) is 17.8 Å². The van der Waals surface area contributed by atoms with Gasteiger partial charge in [-0.2, -0.15) is 0 Å². The van der Waals surface area contributed by atoms with Crippen LogP contribution in [0.3, 0.4) is 0 Å². The van der Waals surface area contributed by atoms with Crippen LogP contribution in [0.5, 0.6) is 5.75 Å². The van der Waals surface area contributed by atoms with Gasteiger partial charge in [-0.05, 0) is 74.0 Å². The van der Waals surface area contributed by atoms with Crippen molar-refractivity contribution in [3.05, 3.63) is 29.8 Å². The largest absolute Gasteiger partial charge is 0.497 e. The van der Waals surface area contributed by atoms with Crippen molar-refractivity contribution in [3.8, 4) is 5.75 Å². The van der Waals surface area contributed by atoms with E-state index in [0.717, 1.165) is 29.1 Å². The summed E-state index contributed by atoms with van der Waals surface area (Å²) in [5.41, 5.74) is 1.14. The van der Waals surface area contributed by atoms with Crippen molar-refractivity contribution in [2.45, 2.75) is 50.6 Å². The predicted octanol–water partition coefficient (Wildman–Crippen LogP) is 3.46. The van der Waals surface area contributed by atoms with Crippen LogP contribution in [-0.2, 0) is 6.54 Å². The second-order valence-corrected chi connectivity index (χ2v) is 7.86. The lowest BCUT2D eigenvalue weighted by Gasteiger charge is -2.56. The Balaban J connectivity index is 1.35. The van der Waals surface area contributed by atoms with Gasteiger partial charge >= 0.3 is 6.03 Å². The summed E-state index contributed by atoms with van der Waals surface area (Å²) >= 11 is 0. The average Bonchev–Trinajstić information content (AvgIpc) is 2.51. The Morgan fingerprint density at radius 1 is 1.17 bits per heavy atom. The summed E-state index contributed by atoms with van der Waals surface area (Å²) in [6.07, 6.45) is 7.74. The maximum atomic E-state index is 12.4. The molecule has 1 aromatic carbocycles. The summed E-state index contributed by atoms with van der Waals surface area (Å²) in [6.45, 7) is 0.537. The molecule has 5 rings (SSSR count). The molecule has 4 heteroatoms. The Labute approximate surface area is 138 Å². The predicted molar refractivity (Wildman–Crippen MR) is 89.3 cm³/mol. The number of urea groups is 1. The summed E-state index contributed by atoms with van der Waals surface area (Å²) < 4.78 is 5.22. The number of amides is 2. The van der Waals surface area contributed by atoms with Gasteiger partial charge in [0.25, 0.3) is 0 Å². The van der Waals surface area contributed by atoms with Crippen LogP contribution in [0.1, 0.15) is 44.1 Å². The summed E-state index contributed by atoms with van der Waals surface area (Å²) in [5, 5.41) is 6.36. The quantitative estimate of drug-likeness (QED) is 0.894. The summed E-state index contributed by atoms with van der Waals surface area (Å²) in [6, 6.07) is 7.82. The number of hydrogen-bond donors (Lipinski definition) is 2. The van der Waals surface area contributed by atoms with E-state index in [4.69, 9.17) is 4.74 Å². The van der Waals surface area contributed by atoms with E-state index in [9.17, 15) is 4.79 Å². The molecule has 4 saturated carbocycles. The molecule has 0 heterocycles. The molecule has 4 fully saturated rings. The van der Waals surface area contributed by atoms with E-state index in [1.807, 2.05) is 24.3 Å². The smallest absolute Gasteiger partial charge is 0.315 e. The fourth-order valence-electron chi connectivity index (χ4n) is 5.51. The van der Waals surface area contributed by atoms with Crippen molar-refractivity contribution in [3.63, 3.8) is 0 Å².